The molecule has 1 heterocycles. The van der Waals surface area contributed by atoms with Gasteiger partial charge in [-0.05, 0) is 49.1 Å². The highest BCUT2D eigenvalue weighted by Gasteiger charge is 2.27. The van der Waals surface area contributed by atoms with Crippen LogP contribution >= 0.6 is 23.4 Å². The molecule has 1 N–H and O–H groups in total. The molecule has 1 atom stereocenters. The molecule has 0 radical (unpaired) electrons. The van der Waals surface area contributed by atoms with Crippen molar-refractivity contribution in [3.8, 4) is 5.75 Å². The van der Waals surface area contributed by atoms with E-state index in [1.54, 1.807) is 11.8 Å². The van der Waals surface area contributed by atoms with Crippen LogP contribution in [-0.2, 0) is 19.6 Å². The van der Waals surface area contributed by atoms with E-state index in [0.29, 0.717) is 26.3 Å². The summed E-state index contributed by atoms with van der Waals surface area (Å²) in [4.78, 5) is 13.5. The fourth-order valence-corrected chi connectivity index (χ4v) is 5.24. The fraction of sp³-hybridized carbons (Fsp3) is 0.381. The molecule has 10 heteroatoms. The van der Waals surface area contributed by atoms with Crippen molar-refractivity contribution in [3.63, 3.8) is 0 Å². The summed E-state index contributed by atoms with van der Waals surface area (Å²) in [6.07, 6.45) is 2.01. The number of nitrogens with one attached hydrogen (secondary N) is 1. The van der Waals surface area contributed by atoms with Gasteiger partial charge in [-0.15, -0.1) is 11.8 Å². The first kappa shape index (κ1) is 23.9. The van der Waals surface area contributed by atoms with Crippen LogP contribution in [0.4, 0.5) is 0 Å². The number of ether oxygens (including phenoxy) is 2. The molecule has 0 spiro atoms. The first-order valence-corrected chi connectivity index (χ1v) is 12.8. The quantitative estimate of drug-likeness (QED) is 0.578. The number of morpholine rings is 1. The van der Waals surface area contributed by atoms with Gasteiger partial charge in [-0.1, -0.05) is 23.7 Å². The lowest BCUT2D eigenvalue weighted by Gasteiger charge is -2.26. The molecule has 1 amide bonds. The van der Waals surface area contributed by atoms with E-state index >= 15 is 0 Å². The molecule has 0 unspecified atom stereocenters. The maximum Gasteiger partial charge on any atom is 0.258 e. The predicted octanol–water partition coefficient (Wildman–Crippen LogP) is 3.34. The topological polar surface area (TPSA) is 84.9 Å². The first-order valence-electron chi connectivity index (χ1n) is 9.75. The Morgan fingerprint density at radius 1 is 1.23 bits per heavy atom. The molecule has 31 heavy (non-hydrogen) atoms. The Morgan fingerprint density at radius 2 is 1.90 bits per heavy atom. The zero-order valence-corrected chi connectivity index (χ0v) is 19.7. The summed E-state index contributed by atoms with van der Waals surface area (Å²) in [6, 6.07) is 12.0. The zero-order chi connectivity index (χ0) is 22.4. The van der Waals surface area contributed by atoms with Crippen molar-refractivity contribution in [1.82, 2.24) is 9.62 Å². The summed E-state index contributed by atoms with van der Waals surface area (Å²) < 4.78 is 37.5. The van der Waals surface area contributed by atoms with Gasteiger partial charge < -0.3 is 14.8 Å². The van der Waals surface area contributed by atoms with Gasteiger partial charge in [0.2, 0.25) is 10.0 Å². The van der Waals surface area contributed by atoms with Gasteiger partial charge in [-0.3, -0.25) is 4.79 Å². The molecular formula is C21H25ClN2O5S2. The molecule has 1 aliphatic rings. The summed E-state index contributed by atoms with van der Waals surface area (Å²) in [6.45, 7) is 2.99. The second-order valence-electron chi connectivity index (χ2n) is 6.96. The summed E-state index contributed by atoms with van der Waals surface area (Å²) in [5, 5.41) is 3.00. The van der Waals surface area contributed by atoms with Crippen molar-refractivity contribution in [3.05, 3.63) is 53.1 Å². The normalized spacial score (nSPS) is 16.0. The summed E-state index contributed by atoms with van der Waals surface area (Å²) in [7, 11) is -3.65. The number of hydrogen-bond acceptors (Lipinski definition) is 6. The molecule has 0 bridgehead atoms. The number of halogens is 1. The van der Waals surface area contributed by atoms with Crippen LogP contribution in [0.15, 0.2) is 52.3 Å². The standard InChI is InChI=1S/C21H25ClN2O5S2/c1-15(16-3-5-17(30-2)6-4-16)23-21(25)14-29-20-8-7-18(13-19(20)22)31(26,27)24-9-11-28-12-10-24/h3-8,13,15H,9-12,14H2,1-2H3,(H,23,25)/t15-/m0/s1. The number of nitrogens with zero attached hydrogens (tertiary/aromatic N) is 1. The number of thioether (sulfide) groups is 1. The Hall–Kier alpha value is -1.78. The fourth-order valence-electron chi connectivity index (χ4n) is 3.10. The van der Waals surface area contributed by atoms with E-state index in [0.717, 1.165) is 10.5 Å². The molecular weight excluding hydrogens is 460 g/mol. The third-order valence-corrected chi connectivity index (χ3v) is 7.80. The van der Waals surface area contributed by atoms with Crippen molar-refractivity contribution < 1.29 is 22.7 Å². The predicted molar refractivity (Wildman–Crippen MR) is 121 cm³/mol. The second-order valence-corrected chi connectivity index (χ2v) is 10.2. The van der Waals surface area contributed by atoms with Gasteiger partial charge in [-0.2, -0.15) is 4.31 Å². The third kappa shape index (κ3) is 6.14. The van der Waals surface area contributed by atoms with Crippen molar-refractivity contribution in [2.75, 3.05) is 39.2 Å². The van der Waals surface area contributed by atoms with Gasteiger partial charge in [-0.25, -0.2) is 8.42 Å². The average molecular weight is 485 g/mol. The van der Waals surface area contributed by atoms with Gasteiger partial charge in [0.25, 0.3) is 5.91 Å². The molecule has 0 saturated carbocycles. The van der Waals surface area contributed by atoms with Crippen molar-refractivity contribution in [2.45, 2.75) is 22.8 Å². The zero-order valence-electron chi connectivity index (χ0n) is 17.3. The summed E-state index contributed by atoms with van der Waals surface area (Å²) >= 11 is 7.88. The van der Waals surface area contributed by atoms with E-state index in [4.69, 9.17) is 21.1 Å². The van der Waals surface area contributed by atoms with Crippen LogP contribution in [0.2, 0.25) is 5.02 Å². The van der Waals surface area contributed by atoms with Crippen LogP contribution in [-0.4, -0.2) is 57.8 Å². The molecule has 3 rings (SSSR count). The lowest BCUT2D eigenvalue weighted by atomic mass is 10.1. The minimum Gasteiger partial charge on any atom is -0.482 e. The minimum absolute atomic E-state index is 0.0820. The Kier molecular flexibility index (Phi) is 8.23. The molecule has 1 aliphatic heterocycles. The van der Waals surface area contributed by atoms with Crippen molar-refractivity contribution >= 4 is 39.3 Å². The molecule has 2 aromatic rings. The van der Waals surface area contributed by atoms with E-state index < -0.39 is 10.0 Å². The van der Waals surface area contributed by atoms with Crippen LogP contribution in [0.3, 0.4) is 0 Å². The number of carbonyl (C=O) groups excluding carboxylic acids is 1. The Bertz CT molecular complexity index is 1010. The van der Waals surface area contributed by atoms with E-state index in [-0.39, 0.29) is 34.2 Å². The lowest BCUT2D eigenvalue weighted by Crippen LogP contribution is -2.40. The third-order valence-electron chi connectivity index (χ3n) is 4.86. The minimum atomic E-state index is -3.65. The van der Waals surface area contributed by atoms with E-state index in [1.807, 2.05) is 37.4 Å². The number of hydrogen-bond donors (Lipinski definition) is 1. The molecule has 7 nitrogen and oxygen atoms in total. The Balaban J connectivity index is 1.58. The van der Waals surface area contributed by atoms with Gasteiger partial charge in [0.15, 0.2) is 6.61 Å². The number of amides is 1. The highest BCUT2D eigenvalue weighted by molar-refractivity contribution is 7.98. The van der Waals surface area contributed by atoms with Gasteiger partial charge in [0, 0.05) is 18.0 Å². The molecule has 1 saturated heterocycles. The highest BCUT2D eigenvalue weighted by atomic mass is 35.5. The smallest absolute Gasteiger partial charge is 0.258 e. The van der Waals surface area contributed by atoms with Crippen LogP contribution in [0.25, 0.3) is 0 Å². The molecule has 0 aliphatic carbocycles. The highest BCUT2D eigenvalue weighted by Crippen LogP contribution is 2.29. The largest absolute Gasteiger partial charge is 0.482 e. The second kappa shape index (κ2) is 10.7. The van der Waals surface area contributed by atoms with Crippen LogP contribution in [0.5, 0.6) is 5.75 Å². The monoisotopic (exact) mass is 484 g/mol. The SMILES string of the molecule is CSc1ccc([C@H](C)NC(=O)COc2ccc(S(=O)(=O)N3CCOCC3)cc2Cl)cc1. The van der Waals surface area contributed by atoms with Crippen molar-refractivity contribution in [2.24, 2.45) is 0 Å². The molecule has 1 fully saturated rings. The maximum atomic E-state index is 12.7. The van der Waals surface area contributed by atoms with Crippen molar-refractivity contribution in [1.29, 1.82) is 0 Å². The Morgan fingerprint density at radius 3 is 2.52 bits per heavy atom. The van der Waals surface area contributed by atoms with Crippen LogP contribution in [0.1, 0.15) is 18.5 Å². The van der Waals surface area contributed by atoms with Gasteiger partial charge >= 0.3 is 0 Å². The van der Waals surface area contributed by atoms with Gasteiger partial charge in [0.1, 0.15) is 5.75 Å². The lowest BCUT2D eigenvalue weighted by molar-refractivity contribution is -0.123. The number of sulfonamides is 1. The summed E-state index contributed by atoms with van der Waals surface area (Å²) in [5.74, 6) is -0.0581. The van der Waals surface area contributed by atoms with E-state index in [2.05, 4.69) is 5.32 Å². The molecule has 0 aromatic heterocycles. The molecule has 168 valence electrons. The van der Waals surface area contributed by atoms with E-state index in [9.17, 15) is 13.2 Å². The van der Waals surface area contributed by atoms with Gasteiger partial charge in [0.05, 0.1) is 29.2 Å². The molecule has 2 aromatic carbocycles. The maximum absolute atomic E-state index is 12.7. The number of carbonyl (C=O) groups is 1. The first-order chi connectivity index (χ1) is 14.8. The van der Waals surface area contributed by atoms with E-state index in [1.165, 1.54) is 22.5 Å². The number of benzene rings is 2. The average Bonchev–Trinajstić information content (AvgIpc) is 2.78. The Labute approximate surface area is 192 Å². The summed E-state index contributed by atoms with van der Waals surface area (Å²) in [5.41, 5.74) is 0.988. The van der Waals surface area contributed by atoms with Crippen LogP contribution < -0.4 is 10.1 Å². The number of rotatable bonds is 8. The van der Waals surface area contributed by atoms with Crippen LogP contribution in [0, 0.1) is 0 Å².